The Balaban J connectivity index is 2.12. The number of nitro benzene ring substituents is 1. The van der Waals surface area contributed by atoms with Crippen molar-refractivity contribution in [3.05, 3.63) is 44.4 Å². The van der Waals surface area contributed by atoms with Crippen molar-refractivity contribution in [2.24, 2.45) is 0 Å². The van der Waals surface area contributed by atoms with Crippen molar-refractivity contribution in [3.63, 3.8) is 0 Å². The molecule has 0 aliphatic carbocycles. The lowest BCUT2D eigenvalue weighted by atomic mass is 10.3. The number of carbonyl (C=O) groups is 1. The maximum Gasteiger partial charge on any atom is 0.312 e. The van der Waals surface area contributed by atoms with Crippen LogP contribution in [0.3, 0.4) is 0 Å². The lowest BCUT2D eigenvalue weighted by molar-refractivity contribution is -0.385. The summed E-state index contributed by atoms with van der Waals surface area (Å²) in [4.78, 5) is 27.8. The van der Waals surface area contributed by atoms with E-state index in [0.717, 1.165) is 0 Å². The summed E-state index contributed by atoms with van der Waals surface area (Å²) in [6, 6.07) is 4.20. The average Bonchev–Trinajstić information content (AvgIpc) is 2.94. The van der Waals surface area contributed by atoms with Crippen molar-refractivity contribution in [3.8, 4) is 5.75 Å². The normalized spacial score (nSPS) is 10.4. The van der Waals surface area contributed by atoms with Gasteiger partial charge in [0, 0.05) is 29.9 Å². The molecule has 0 bridgehead atoms. The number of halogens is 1. The highest BCUT2D eigenvalue weighted by molar-refractivity contribution is 7.14. The number of ether oxygens (including phenoxy) is 1. The van der Waals surface area contributed by atoms with Gasteiger partial charge in [-0.1, -0.05) is 11.6 Å². The highest BCUT2D eigenvalue weighted by Gasteiger charge is 2.17. The van der Waals surface area contributed by atoms with Gasteiger partial charge < -0.3 is 4.74 Å². The first kappa shape index (κ1) is 17.2. The van der Waals surface area contributed by atoms with E-state index >= 15 is 0 Å². The molecule has 0 saturated carbocycles. The lowest BCUT2D eigenvalue weighted by Gasteiger charge is -2.14. The molecule has 1 aromatic heterocycles. The monoisotopic (exact) mass is 355 g/mol. The molecule has 0 unspecified atom stereocenters. The van der Waals surface area contributed by atoms with Crippen LogP contribution in [0.2, 0.25) is 5.02 Å². The van der Waals surface area contributed by atoms with E-state index in [0.29, 0.717) is 17.4 Å². The second-order valence-electron chi connectivity index (χ2n) is 4.54. The molecule has 7 nitrogen and oxygen atoms in total. The molecule has 122 valence electrons. The van der Waals surface area contributed by atoms with Crippen molar-refractivity contribution in [2.45, 2.75) is 20.5 Å². The van der Waals surface area contributed by atoms with Gasteiger partial charge in [0.15, 0.2) is 10.9 Å². The molecule has 9 heteroatoms. The molecule has 1 aromatic carbocycles. The summed E-state index contributed by atoms with van der Waals surface area (Å²) in [7, 11) is 0. The van der Waals surface area contributed by atoms with Gasteiger partial charge in [-0.25, -0.2) is 4.98 Å². The molecule has 0 N–H and O–H groups in total. The van der Waals surface area contributed by atoms with Crippen LogP contribution in [-0.4, -0.2) is 22.4 Å². The van der Waals surface area contributed by atoms with E-state index in [4.69, 9.17) is 16.3 Å². The number of hydrogen-bond acceptors (Lipinski definition) is 6. The van der Waals surface area contributed by atoms with Gasteiger partial charge in [-0.05, 0) is 19.1 Å². The molecule has 1 heterocycles. The zero-order valence-electron chi connectivity index (χ0n) is 12.5. The molecule has 0 aliphatic heterocycles. The van der Waals surface area contributed by atoms with Crippen LogP contribution in [0, 0.1) is 10.1 Å². The Hall–Kier alpha value is -2.19. The van der Waals surface area contributed by atoms with E-state index < -0.39 is 4.92 Å². The Bertz CT molecular complexity index is 735. The summed E-state index contributed by atoms with van der Waals surface area (Å²) in [6.07, 6.45) is 0. The highest BCUT2D eigenvalue weighted by atomic mass is 35.5. The second-order valence-corrected chi connectivity index (χ2v) is 5.82. The van der Waals surface area contributed by atoms with Crippen LogP contribution in [-0.2, 0) is 11.4 Å². The third-order valence-electron chi connectivity index (χ3n) is 2.96. The van der Waals surface area contributed by atoms with Gasteiger partial charge in [-0.3, -0.25) is 19.8 Å². The number of hydrogen-bond donors (Lipinski definition) is 0. The molecule has 23 heavy (non-hydrogen) atoms. The zero-order chi connectivity index (χ0) is 17.0. The standard InChI is InChI=1S/C14H14ClN3O4S/c1-3-17(9(2)19)14-16-11(8-23-14)7-22-13-5-4-10(15)6-12(13)18(20)21/h4-6,8H,3,7H2,1-2H3. The minimum absolute atomic E-state index is 0.0639. The number of rotatable bonds is 6. The molecule has 1 amide bonds. The quantitative estimate of drug-likeness (QED) is 0.583. The fourth-order valence-corrected chi connectivity index (χ4v) is 2.97. The van der Waals surface area contributed by atoms with Crippen LogP contribution in [0.4, 0.5) is 10.8 Å². The number of amides is 1. The maximum absolute atomic E-state index is 11.5. The Morgan fingerprint density at radius 1 is 1.52 bits per heavy atom. The molecule has 0 saturated heterocycles. The van der Waals surface area contributed by atoms with E-state index in [-0.39, 0.29) is 29.0 Å². The predicted octanol–water partition coefficient (Wildman–Crippen LogP) is 3.66. The van der Waals surface area contributed by atoms with Crippen LogP contribution in [0.25, 0.3) is 0 Å². The van der Waals surface area contributed by atoms with E-state index in [2.05, 4.69) is 4.98 Å². The minimum Gasteiger partial charge on any atom is -0.480 e. The van der Waals surface area contributed by atoms with Gasteiger partial charge in [0.2, 0.25) is 5.91 Å². The Morgan fingerprint density at radius 3 is 2.87 bits per heavy atom. The van der Waals surface area contributed by atoms with E-state index in [1.165, 1.54) is 36.5 Å². The Kier molecular flexibility index (Phi) is 5.51. The average molecular weight is 356 g/mol. The lowest BCUT2D eigenvalue weighted by Crippen LogP contribution is -2.27. The SMILES string of the molecule is CCN(C(C)=O)c1nc(COc2ccc(Cl)cc2[N+](=O)[O-])cs1. The van der Waals surface area contributed by atoms with Gasteiger partial charge in [0.05, 0.1) is 10.6 Å². The fraction of sp³-hybridized carbons (Fsp3) is 0.286. The van der Waals surface area contributed by atoms with Crippen molar-refractivity contribution in [1.29, 1.82) is 0 Å². The Labute approximate surface area is 141 Å². The summed E-state index contributed by atoms with van der Waals surface area (Å²) in [5, 5.41) is 13.6. The topological polar surface area (TPSA) is 85.6 Å². The molecule has 0 aliphatic rings. The van der Waals surface area contributed by atoms with Gasteiger partial charge in [-0.15, -0.1) is 11.3 Å². The summed E-state index contributed by atoms with van der Waals surface area (Å²) >= 11 is 7.07. The summed E-state index contributed by atoms with van der Waals surface area (Å²) in [5.41, 5.74) is 0.390. The Morgan fingerprint density at radius 2 is 2.26 bits per heavy atom. The molecular formula is C14H14ClN3O4S. The third-order valence-corrected chi connectivity index (χ3v) is 4.11. The largest absolute Gasteiger partial charge is 0.480 e. The maximum atomic E-state index is 11.5. The number of carbonyl (C=O) groups excluding carboxylic acids is 1. The number of nitro groups is 1. The van der Waals surface area contributed by atoms with E-state index in [1.807, 2.05) is 6.92 Å². The number of anilines is 1. The third kappa shape index (κ3) is 4.17. The number of nitrogens with zero attached hydrogens (tertiary/aromatic N) is 3. The van der Waals surface area contributed by atoms with Gasteiger partial charge in [0.1, 0.15) is 6.61 Å². The van der Waals surface area contributed by atoms with Gasteiger partial charge in [-0.2, -0.15) is 0 Å². The van der Waals surface area contributed by atoms with Crippen molar-refractivity contribution < 1.29 is 14.5 Å². The van der Waals surface area contributed by atoms with Crippen molar-refractivity contribution >= 4 is 39.7 Å². The van der Waals surface area contributed by atoms with E-state index in [9.17, 15) is 14.9 Å². The molecule has 0 radical (unpaired) electrons. The van der Waals surface area contributed by atoms with Gasteiger partial charge >= 0.3 is 5.69 Å². The first-order valence-electron chi connectivity index (χ1n) is 6.71. The highest BCUT2D eigenvalue weighted by Crippen LogP contribution is 2.31. The van der Waals surface area contributed by atoms with Crippen molar-refractivity contribution in [1.82, 2.24) is 4.98 Å². The molecule has 0 spiro atoms. The zero-order valence-corrected chi connectivity index (χ0v) is 14.1. The smallest absolute Gasteiger partial charge is 0.312 e. The van der Waals surface area contributed by atoms with E-state index in [1.54, 1.807) is 10.3 Å². The first-order chi connectivity index (χ1) is 10.9. The minimum atomic E-state index is -0.553. The summed E-state index contributed by atoms with van der Waals surface area (Å²) in [6.45, 7) is 3.91. The van der Waals surface area contributed by atoms with Gasteiger partial charge in [0.25, 0.3) is 0 Å². The van der Waals surface area contributed by atoms with Crippen LogP contribution in [0.15, 0.2) is 23.6 Å². The fourth-order valence-electron chi connectivity index (χ4n) is 1.89. The number of aromatic nitrogens is 1. The van der Waals surface area contributed by atoms with Crippen LogP contribution in [0.5, 0.6) is 5.75 Å². The molecule has 2 aromatic rings. The van der Waals surface area contributed by atoms with Crippen LogP contribution >= 0.6 is 22.9 Å². The summed E-state index contributed by atoms with van der Waals surface area (Å²) in [5.74, 6) is 0.0236. The number of thiazole rings is 1. The van der Waals surface area contributed by atoms with Crippen LogP contribution in [0.1, 0.15) is 19.5 Å². The van der Waals surface area contributed by atoms with Crippen molar-refractivity contribution in [2.75, 3.05) is 11.4 Å². The second kappa shape index (κ2) is 7.38. The number of benzene rings is 1. The summed E-state index contributed by atoms with van der Waals surface area (Å²) < 4.78 is 5.47. The molecule has 0 atom stereocenters. The van der Waals surface area contributed by atoms with Crippen LogP contribution < -0.4 is 9.64 Å². The predicted molar refractivity (Wildman–Crippen MR) is 88.3 cm³/mol. The molecular weight excluding hydrogens is 342 g/mol. The first-order valence-corrected chi connectivity index (χ1v) is 7.97. The molecule has 0 fully saturated rings. The molecule has 2 rings (SSSR count).